The molecule has 0 spiro atoms. The van der Waals surface area contributed by atoms with Gasteiger partial charge in [-0.25, -0.2) is 0 Å². The van der Waals surface area contributed by atoms with Gasteiger partial charge >= 0.3 is 0 Å². The largest absolute Gasteiger partial charge is 0.497 e. The summed E-state index contributed by atoms with van der Waals surface area (Å²) in [4.78, 5) is 19.6. The fraction of sp³-hybridized carbons (Fsp3) is 0.407. The van der Waals surface area contributed by atoms with Crippen LogP contribution in [0.5, 0.6) is 5.75 Å². The van der Waals surface area contributed by atoms with Gasteiger partial charge in [0, 0.05) is 47.7 Å². The Bertz CT molecular complexity index is 1080. The number of nitrogens with zero attached hydrogens (tertiary/aromatic N) is 2. The summed E-state index contributed by atoms with van der Waals surface area (Å²) >= 11 is 6.03. The Labute approximate surface area is 201 Å². The van der Waals surface area contributed by atoms with Crippen molar-refractivity contribution in [2.45, 2.75) is 51.6 Å². The predicted molar refractivity (Wildman–Crippen MR) is 135 cm³/mol. The fourth-order valence-electron chi connectivity index (χ4n) is 4.31. The standard InChI is InChI=1S/C27H32ClN3O2/c1-19(30-25-17-24(33-2)16-22-9-4-14-29-26(22)25)6-5-15-31(27(32)21-7-3-8-21)18-20-10-12-23(28)13-11-20/h4,9-14,16-17,19,21,30H,3,5-8,15,18H2,1-2H3/t19-/m1/s1. The smallest absolute Gasteiger partial charge is 0.225 e. The molecule has 1 aliphatic rings. The first-order valence-corrected chi connectivity index (χ1v) is 12.1. The number of halogens is 1. The normalized spacial score (nSPS) is 14.5. The Morgan fingerprint density at radius 2 is 2.03 bits per heavy atom. The van der Waals surface area contributed by atoms with Crippen molar-refractivity contribution >= 4 is 34.1 Å². The fourth-order valence-corrected chi connectivity index (χ4v) is 4.44. The lowest BCUT2D eigenvalue weighted by atomic mass is 9.84. The molecule has 1 aliphatic carbocycles. The van der Waals surface area contributed by atoms with E-state index >= 15 is 0 Å². The summed E-state index contributed by atoms with van der Waals surface area (Å²) in [6.45, 7) is 3.56. The van der Waals surface area contributed by atoms with Crippen molar-refractivity contribution in [1.29, 1.82) is 0 Å². The third-order valence-corrected chi connectivity index (χ3v) is 6.69. The van der Waals surface area contributed by atoms with E-state index in [0.717, 1.165) is 71.6 Å². The quantitative estimate of drug-likeness (QED) is 0.381. The maximum absolute atomic E-state index is 13.0. The highest BCUT2D eigenvalue weighted by Crippen LogP contribution is 2.30. The van der Waals surface area contributed by atoms with E-state index in [0.29, 0.717) is 12.5 Å². The van der Waals surface area contributed by atoms with Crippen LogP contribution in [0.4, 0.5) is 5.69 Å². The molecule has 5 nitrogen and oxygen atoms in total. The van der Waals surface area contributed by atoms with Crippen LogP contribution in [0.1, 0.15) is 44.6 Å². The zero-order valence-corrected chi connectivity index (χ0v) is 20.1. The summed E-state index contributed by atoms with van der Waals surface area (Å²) in [5.41, 5.74) is 3.03. The average Bonchev–Trinajstić information content (AvgIpc) is 2.78. The summed E-state index contributed by atoms with van der Waals surface area (Å²) in [5.74, 6) is 1.30. The van der Waals surface area contributed by atoms with Crippen molar-refractivity contribution in [2.75, 3.05) is 19.0 Å². The number of anilines is 1. The molecule has 6 heteroatoms. The van der Waals surface area contributed by atoms with E-state index in [1.807, 2.05) is 59.6 Å². The number of hydrogen-bond acceptors (Lipinski definition) is 4. The first-order chi connectivity index (χ1) is 16.0. The molecule has 1 N–H and O–H groups in total. The number of rotatable bonds is 10. The Balaban J connectivity index is 1.38. The van der Waals surface area contributed by atoms with Crippen LogP contribution in [-0.4, -0.2) is 35.5 Å². The summed E-state index contributed by atoms with van der Waals surface area (Å²) in [6.07, 6.45) is 6.88. The van der Waals surface area contributed by atoms with E-state index in [-0.39, 0.29) is 12.0 Å². The first-order valence-electron chi connectivity index (χ1n) is 11.8. The van der Waals surface area contributed by atoms with Crippen molar-refractivity contribution in [1.82, 2.24) is 9.88 Å². The van der Waals surface area contributed by atoms with E-state index in [4.69, 9.17) is 16.3 Å². The molecule has 1 aromatic heterocycles. The van der Waals surface area contributed by atoms with Gasteiger partial charge in [0.25, 0.3) is 0 Å². The lowest BCUT2D eigenvalue weighted by Gasteiger charge is -2.32. The lowest BCUT2D eigenvalue weighted by Crippen LogP contribution is -2.39. The Morgan fingerprint density at radius 3 is 2.73 bits per heavy atom. The van der Waals surface area contributed by atoms with Crippen LogP contribution in [0.2, 0.25) is 5.02 Å². The van der Waals surface area contributed by atoms with Crippen molar-refractivity contribution in [3.05, 3.63) is 65.3 Å². The van der Waals surface area contributed by atoms with Gasteiger partial charge in [0.2, 0.25) is 5.91 Å². The molecule has 0 bridgehead atoms. The van der Waals surface area contributed by atoms with Gasteiger partial charge in [-0.05, 0) is 62.4 Å². The molecular formula is C27H32ClN3O2. The Morgan fingerprint density at radius 1 is 1.24 bits per heavy atom. The minimum Gasteiger partial charge on any atom is -0.497 e. The van der Waals surface area contributed by atoms with Crippen LogP contribution in [0.3, 0.4) is 0 Å². The molecule has 1 amide bonds. The molecule has 1 heterocycles. The molecular weight excluding hydrogens is 434 g/mol. The first kappa shape index (κ1) is 23.4. The minimum atomic E-state index is 0.196. The van der Waals surface area contributed by atoms with Gasteiger partial charge in [-0.1, -0.05) is 36.2 Å². The van der Waals surface area contributed by atoms with Crippen LogP contribution >= 0.6 is 11.6 Å². The molecule has 0 aliphatic heterocycles. The highest BCUT2D eigenvalue weighted by Gasteiger charge is 2.29. The number of aromatic nitrogens is 1. The third kappa shape index (κ3) is 5.97. The number of carbonyl (C=O) groups is 1. The number of amides is 1. The van der Waals surface area contributed by atoms with Gasteiger partial charge in [-0.2, -0.15) is 0 Å². The summed E-state index contributed by atoms with van der Waals surface area (Å²) in [5, 5.41) is 5.37. The second kappa shape index (κ2) is 10.9. The van der Waals surface area contributed by atoms with Gasteiger partial charge in [0.05, 0.1) is 18.3 Å². The van der Waals surface area contributed by atoms with E-state index < -0.39 is 0 Å². The SMILES string of the molecule is COc1cc(N[C@H](C)CCCN(Cc2ccc(Cl)cc2)C(=O)C2CCC2)c2ncccc2c1. The zero-order chi connectivity index (χ0) is 23.2. The molecule has 2 aromatic carbocycles. The monoisotopic (exact) mass is 465 g/mol. The summed E-state index contributed by atoms with van der Waals surface area (Å²) < 4.78 is 5.47. The van der Waals surface area contributed by atoms with Crippen LogP contribution in [0.25, 0.3) is 10.9 Å². The number of pyridine rings is 1. The van der Waals surface area contributed by atoms with Gasteiger partial charge in [0.1, 0.15) is 5.75 Å². The molecule has 1 saturated carbocycles. The highest BCUT2D eigenvalue weighted by molar-refractivity contribution is 6.30. The number of methoxy groups -OCH3 is 1. The van der Waals surface area contributed by atoms with Gasteiger partial charge < -0.3 is 15.0 Å². The zero-order valence-electron chi connectivity index (χ0n) is 19.4. The molecule has 1 atom stereocenters. The Kier molecular flexibility index (Phi) is 7.71. The third-order valence-electron chi connectivity index (χ3n) is 6.43. The highest BCUT2D eigenvalue weighted by atomic mass is 35.5. The van der Waals surface area contributed by atoms with E-state index in [1.165, 1.54) is 0 Å². The summed E-state index contributed by atoms with van der Waals surface area (Å²) in [6, 6.07) is 16.0. The maximum Gasteiger partial charge on any atom is 0.225 e. The van der Waals surface area contributed by atoms with Crippen molar-refractivity contribution in [3.8, 4) is 5.75 Å². The molecule has 33 heavy (non-hydrogen) atoms. The van der Waals surface area contributed by atoms with Crippen molar-refractivity contribution < 1.29 is 9.53 Å². The number of fused-ring (bicyclic) bond motifs is 1. The second-order valence-corrected chi connectivity index (χ2v) is 9.39. The number of ether oxygens (including phenoxy) is 1. The lowest BCUT2D eigenvalue weighted by molar-refractivity contribution is -0.138. The molecule has 174 valence electrons. The van der Waals surface area contributed by atoms with Crippen molar-refractivity contribution in [3.63, 3.8) is 0 Å². The molecule has 3 aromatic rings. The average molecular weight is 466 g/mol. The number of nitrogens with one attached hydrogen (secondary N) is 1. The maximum atomic E-state index is 13.0. The molecule has 0 saturated heterocycles. The van der Waals surface area contributed by atoms with Gasteiger partial charge in [0.15, 0.2) is 0 Å². The molecule has 0 unspecified atom stereocenters. The molecule has 4 rings (SSSR count). The molecule has 0 radical (unpaired) electrons. The number of hydrogen-bond donors (Lipinski definition) is 1. The topological polar surface area (TPSA) is 54.5 Å². The second-order valence-electron chi connectivity index (χ2n) is 8.95. The van der Waals surface area contributed by atoms with E-state index in [2.05, 4.69) is 17.2 Å². The van der Waals surface area contributed by atoms with Gasteiger partial charge in [-0.15, -0.1) is 0 Å². The number of benzene rings is 2. The molecule has 1 fully saturated rings. The van der Waals surface area contributed by atoms with Crippen LogP contribution < -0.4 is 10.1 Å². The predicted octanol–water partition coefficient (Wildman–Crippen LogP) is 6.31. The van der Waals surface area contributed by atoms with Crippen LogP contribution in [0, 0.1) is 5.92 Å². The van der Waals surface area contributed by atoms with Crippen molar-refractivity contribution in [2.24, 2.45) is 5.92 Å². The minimum absolute atomic E-state index is 0.196. The summed E-state index contributed by atoms with van der Waals surface area (Å²) in [7, 11) is 1.68. The Hall–Kier alpha value is -2.79. The van der Waals surface area contributed by atoms with E-state index in [9.17, 15) is 4.79 Å². The number of carbonyl (C=O) groups excluding carboxylic acids is 1. The van der Waals surface area contributed by atoms with Crippen LogP contribution in [-0.2, 0) is 11.3 Å². The van der Waals surface area contributed by atoms with Crippen LogP contribution in [0.15, 0.2) is 54.7 Å². The van der Waals surface area contributed by atoms with Gasteiger partial charge in [-0.3, -0.25) is 9.78 Å². The van der Waals surface area contributed by atoms with E-state index in [1.54, 1.807) is 7.11 Å².